The minimum absolute atomic E-state index is 0.682. The van der Waals surface area contributed by atoms with Crippen LogP contribution in [0.25, 0.3) is 33.0 Å². The molecule has 0 heterocycles. The van der Waals surface area contributed by atoms with Gasteiger partial charge in [0.25, 0.3) is 0 Å². The topological polar surface area (TPSA) is 23.8 Å². The lowest BCUT2D eigenvalue weighted by Crippen LogP contribution is -1.94. The minimum Gasteiger partial charge on any atom is -0.192 e. The molecule has 146 valence electrons. The average molecular weight is 396 g/mol. The van der Waals surface area contributed by atoms with Crippen LogP contribution in [0.4, 0.5) is 0 Å². The zero-order chi connectivity index (χ0) is 21.0. The Bertz CT molecular complexity index is 1370. The van der Waals surface area contributed by atoms with Gasteiger partial charge in [-0.1, -0.05) is 103 Å². The molecule has 0 aliphatic carbocycles. The molecule has 5 aromatic carbocycles. The lowest BCUT2D eigenvalue weighted by Gasteiger charge is -2.15. The van der Waals surface area contributed by atoms with Crippen molar-refractivity contribution >= 4 is 10.8 Å². The first kappa shape index (κ1) is 18.9. The summed E-state index contributed by atoms with van der Waals surface area (Å²) < 4.78 is 0. The summed E-state index contributed by atoms with van der Waals surface area (Å²) in [5.41, 5.74) is 8.12. The Morgan fingerprint density at radius 3 is 1.87 bits per heavy atom. The zero-order valence-electron chi connectivity index (χ0n) is 17.1. The lowest BCUT2D eigenvalue weighted by atomic mass is 9.89. The van der Waals surface area contributed by atoms with Crippen molar-refractivity contribution in [3.8, 4) is 28.3 Å². The quantitative estimate of drug-likeness (QED) is 0.307. The maximum absolute atomic E-state index is 9.03. The van der Waals surface area contributed by atoms with Gasteiger partial charge in [0.2, 0.25) is 0 Å². The van der Waals surface area contributed by atoms with E-state index in [1.807, 2.05) is 24.3 Å². The number of nitrogens with zero attached hydrogens (tertiary/aromatic N) is 1. The molecule has 5 rings (SSSR count). The van der Waals surface area contributed by atoms with Crippen molar-refractivity contribution in [1.82, 2.24) is 0 Å². The second kappa shape index (κ2) is 8.30. The van der Waals surface area contributed by atoms with E-state index in [1.54, 1.807) is 0 Å². The SMILES string of the molecule is N#Cc1ccc(-c2ccc(-c3c(Cc4ccccc4)ccc4ccccc34)cc2)cc1. The van der Waals surface area contributed by atoms with Crippen LogP contribution in [-0.2, 0) is 6.42 Å². The van der Waals surface area contributed by atoms with E-state index in [9.17, 15) is 0 Å². The molecule has 1 heteroatoms. The molecule has 0 spiro atoms. The third-order valence-electron chi connectivity index (χ3n) is 5.77. The number of fused-ring (bicyclic) bond motifs is 1. The largest absolute Gasteiger partial charge is 0.192 e. The van der Waals surface area contributed by atoms with E-state index in [-0.39, 0.29) is 0 Å². The Hall–Kier alpha value is -4.15. The standard InChI is InChI=1S/C30H21N/c31-21-23-10-12-24(13-11-23)25-14-17-27(18-15-25)30-28(20-22-6-2-1-3-7-22)19-16-26-8-4-5-9-29(26)30/h1-19H,20H2. The molecule has 0 saturated carbocycles. The van der Waals surface area contributed by atoms with Gasteiger partial charge in [0.1, 0.15) is 0 Å². The third kappa shape index (κ3) is 3.84. The van der Waals surface area contributed by atoms with Gasteiger partial charge in [0.05, 0.1) is 11.6 Å². The van der Waals surface area contributed by atoms with Crippen molar-refractivity contribution < 1.29 is 0 Å². The molecule has 0 amide bonds. The predicted molar refractivity (Wildman–Crippen MR) is 129 cm³/mol. The molecule has 0 fully saturated rings. The van der Waals surface area contributed by atoms with E-state index in [2.05, 4.69) is 97.1 Å². The van der Waals surface area contributed by atoms with E-state index in [4.69, 9.17) is 5.26 Å². The summed E-state index contributed by atoms with van der Waals surface area (Å²) >= 11 is 0. The molecular weight excluding hydrogens is 374 g/mol. The molecule has 1 nitrogen and oxygen atoms in total. The van der Waals surface area contributed by atoms with Crippen molar-refractivity contribution in [1.29, 1.82) is 5.26 Å². The Balaban J connectivity index is 1.59. The van der Waals surface area contributed by atoms with Crippen LogP contribution in [0.2, 0.25) is 0 Å². The molecule has 0 bridgehead atoms. The molecule has 31 heavy (non-hydrogen) atoms. The number of rotatable bonds is 4. The fourth-order valence-corrected chi connectivity index (χ4v) is 4.19. The van der Waals surface area contributed by atoms with E-state index >= 15 is 0 Å². The van der Waals surface area contributed by atoms with Gasteiger partial charge in [-0.2, -0.15) is 5.26 Å². The summed E-state index contributed by atoms with van der Waals surface area (Å²) in [6.07, 6.45) is 0.901. The highest BCUT2D eigenvalue weighted by atomic mass is 14.2. The van der Waals surface area contributed by atoms with Crippen LogP contribution in [0.1, 0.15) is 16.7 Å². The van der Waals surface area contributed by atoms with Gasteiger partial charge in [-0.25, -0.2) is 0 Å². The second-order valence-electron chi connectivity index (χ2n) is 7.75. The molecule has 0 unspecified atom stereocenters. The minimum atomic E-state index is 0.682. The number of hydrogen-bond acceptors (Lipinski definition) is 1. The molecule has 0 aliphatic rings. The fourth-order valence-electron chi connectivity index (χ4n) is 4.19. The first-order valence-corrected chi connectivity index (χ1v) is 10.5. The molecular formula is C30H21N. The average Bonchev–Trinajstić information content (AvgIpc) is 2.85. The smallest absolute Gasteiger partial charge is 0.0991 e. The maximum atomic E-state index is 9.03. The summed E-state index contributed by atoms with van der Waals surface area (Å²) in [6, 6.07) is 42.4. The fraction of sp³-hybridized carbons (Fsp3) is 0.0333. The summed E-state index contributed by atoms with van der Waals surface area (Å²) in [5, 5.41) is 11.6. The first-order chi connectivity index (χ1) is 15.3. The number of nitriles is 1. The normalized spacial score (nSPS) is 10.7. The van der Waals surface area contributed by atoms with Crippen LogP contribution >= 0.6 is 0 Å². The highest BCUT2D eigenvalue weighted by molar-refractivity contribution is 5.98. The Morgan fingerprint density at radius 1 is 0.548 bits per heavy atom. The van der Waals surface area contributed by atoms with Crippen LogP contribution in [0.15, 0.2) is 115 Å². The van der Waals surface area contributed by atoms with Gasteiger partial charge < -0.3 is 0 Å². The van der Waals surface area contributed by atoms with Crippen LogP contribution in [-0.4, -0.2) is 0 Å². The maximum Gasteiger partial charge on any atom is 0.0991 e. The van der Waals surface area contributed by atoms with Crippen LogP contribution in [0.5, 0.6) is 0 Å². The molecule has 5 aromatic rings. The van der Waals surface area contributed by atoms with E-state index in [0.29, 0.717) is 5.56 Å². The summed E-state index contributed by atoms with van der Waals surface area (Å²) in [5.74, 6) is 0. The van der Waals surface area contributed by atoms with Gasteiger partial charge in [-0.05, 0) is 62.7 Å². The monoisotopic (exact) mass is 395 g/mol. The van der Waals surface area contributed by atoms with Gasteiger partial charge in [0, 0.05) is 0 Å². The highest BCUT2D eigenvalue weighted by Crippen LogP contribution is 2.34. The number of benzene rings is 5. The van der Waals surface area contributed by atoms with Crippen molar-refractivity contribution in [3.63, 3.8) is 0 Å². The van der Waals surface area contributed by atoms with E-state index < -0.39 is 0 Å². The lowest BCUT2D eigenvalue weighted by molar-refractivity contribution is 1.20. The highest BCUT2D eigenvalue weighted by Gasteiger charge is 2.11. The third-order valence-corrected chi connectivity index (χ3v) is 5.77. The van der Waals surface area contributed by atoms with Crippen LogP contribution < -0.4 is 0 Å². The van der Waals surface area contributed by atoms with Gasteiger partial charge in [-0.15, -0.1) is 0 Å². The van der Waals surface area contributed by atoms with Gasteiger partial charge in [0.15, 0.2) is 0 Å². The Labute approximate surface area is 182 Å². The molecule has 0 radical (unpaired) electrons. The van der Waals surface area contributed by atoms with Gasteiger partial charge >= 0.3 is 0 Å². The van der Waals surface area contributed by atoms with Gasteiger partial charge in [-0.3, -0.25) is 0 Å². The molecule has 0 aromatic heterocycles. The Kier molecular flexibility index (Phi) is 5.05. The Morgan fingerprint density at radius 2 is 1.16 bits per heavy atom. The molecule has 0 saturated heterocycles. The van der Waals surface area contributed by atoms with Crippen molar-refractivity contribution in [2.24, 2.45) is 0 Å². The van der Waals surface area contributed by atoms with E-state index in [0.717, 1.165) is 17.5 Å². The molecule has 0 aliphatic heterocycles. The van der Waals surface area contributed by atoms with Crippen LogP contribution in [0.3, 0.4) is 0 Å². The van der Waals surface area contributed by atoms with Crippen molar-refractivity contribution in [2.45, 2.75) is 6.42 Å². The second-order valence-corrected chi connectivity index (χ2v) is 7.75. The number of hydrogen-bond donors (Lipinski definition) is 0. The molecule has 0 N–H and O–H groups in total. The zero-order valence-corrected chi connectivity index (χ0v) is 17.1. The van der Waals surface area contributed by atoms with Crippen molar-refractivity contribution in [3.05, 3.63) is 132 Å². The molecule has 0 atom stereocenters. The predicted octanol–water partition coefficient (Wildman–Crippen LogP) is 7.64. The summed E-state index contributed by atoms with van der Waals surface area (Å²) in [7, 11) is 0. The first-order valence-electron chi connectivity index (χ1n) is 10.5. The summed E-state index contributed by atoms with van der Waals surface area (Å²) in [4.78, 5) is 0. The summed E-state index contributed by atoms with van der Waals surface area (Å²) in [6.45, 7) is 0. The van der Waals surface area contributed by atoms with Crippen LogP contribution in [0, 0.1) is 11.3 Å². The van der Waals surface area contributed by atoms with E-state index in [1.165, 1.54) is 33.0 Å². The van der Waals surface area contributed by atoms with Crippen molar-refractivity contribution in [2.75, 3.05) is 0 Å².